The van der Waals surface area contributed by atoms with Gasteiger partial charge in [0.05, 0.1) is 11.7 Å². The second kappa shape index (κ2) is 4.80. The standard InChI is InChI=1S/C11H12N4O2/c1-7(16-2)3-10-14-11(17-15-10)9-4-8(5-12)6-13-9/h4,6-7,13H,3H2,1-2H3. The zero-order valence-corrected chi connectivity index (χ0v) is 9.60. The summed E-state index contributed by atoms with van der Waals surface area (Å²) in [5.41, 5.74) is 1.18. The van der Waals surface area contributed by atoms with Crippen LogP contribution in [0.2, 0.25) is 0 Å². The van der Waals surface area contributed by atoms with Crippen LogP contribution in [0.1, 0.15) is 18.3 Å². The molecule has 2 heterocycles. The van der Waals surface area contributed by atoms with Gasteiger partial charge in [0.15, 0.2) is 5.82 Å². The lowest BCUT2D eigenvalue weighted by molar-refractivity contribution is 0.116. The molecule has 0 spiro atoms. The number of methoxy groups -OCH3 is 1. The molecule has 88 valence electrons. The molecule has 2 aromatic heterocycles. The van der Waals surface area contributed by atoms with Gasteiger partial charge in [-0.3, -0.25) is 0 Å². The van der Waals surface area contributed by atoms with Gasteiger partial charge in [-0.05, 0) is 13.0 Å². The van der Waals surface area contributed by atoms with Crippen molar-refractivity contribution in [3.8, 4) is 17.7 Å². The minimum atomic E-state index is 0.0405. The van der Waals surface area contributed by atoms with Crippen molar-refractivity contribution in [1.82, 2.24) is 15.1 Å². The quantitative estimate of drug-likeness (QED) is 0.863. The van der Waals surface area contributed by atoms with Crippen LogP contribution in [0.25, 0.3) is 11.6 Å². The normalized spacial score (nSPS) is 12.3. The summed E-state index contributed by atoms with van der Waals surface area (Å²) < 4.78 is 10.2. The molecule has 6 nitrogen and oxygen atoms in total. The molecule has 0 saturated heterocycles. The number of nitrogens with zero attached hydrogens (tertiary/aromatic N) is 3. The van der Waals surface area contributed by atoms with E-state index in [1.54, 1.807) is 19.4 Å². The van der Waals surface area contributed by atoms with Crippen molar-refractivity contribution in [3.05, 3.63) is 23.7 Å². The molecule has 0 aliphatic heterocycles. The smallest absolute Gasteiger partial charge is 0.274 e. The van der Waals surface area contributed by atoms with Gasteiger partial charge in [-0.25, -0.2) is 0 Å². The maximum Gasteiger partial charge on any atom is 0.274 e. The maximum atomic E-state index is 8.70. The number of H-pyrrole nitrogens is 1. The van der Waals surface area contributed by atoms with Crippen molar-refractivity contribution in [2.24, 2.45) is 0 Å². The molecule has 1 N–H and O–H groups in total. The lowest BCUT2D eigenvalue weighted by Crippen LogP contribution is -2.09. The van der Waals surface area contributed by atoms with E-state index in [4.69, 9.17) is 14.5 Å². The van der Waals surface area contributed by atoms with Gasteiger partial charge in [0.2, 0.25) is 0 Å². The van der Waals surface area contributed by atoms with E-state index in [1.807, 2.05) is 13.0 Å². The van der Waals surface area contributed by atoms with Crippen molar-refractivity contribution >= 4 is 0 Å². The van der Waals surface area contributed by atoms with Gasteiger partial charge in [0.25, 0.3) is 5.89 Å². The summed E-state index contributed by atoms with van der Waals surface area (Å²) in [5.74, 6) is 0.965. The van der Waals surface area contributed by atoms with Crippen LogP contribution in [0.3, 0.4) is 0 Å². The Morgan fingerprint density at radius 1 is 1.65 bits per heavy atom. The molecule has 2 aromatic rings. The molecule has 0 saturated carbocycles. The van der Waals surface area contributed by atoms with Gasteiger partial charge >= 0.3 is 0 Å². The van der Waals surface area contributed by atoms with Crippen molar-refractivity contribution in [2.75, 3.05) is 7.11 Å². The van der Waals surface area contributed by atoms with E-state index in [0.717, 1.165) is 0 Å². The predicted octanol–water partition coefficient (Wildman–Crippen LogP) is 1.51. The SMILES string of the molecule is COC(C)Cc1noc(-c2cc(C#N)c[nH]2)n1. The van der Waals surface area contributed by atoms with Crippen LogP contribution in [-0.4, -0.2) is 28.3 Å². The van der Waals surface area contributed by atoms with E-state index >= 15 is 0 Å². The Morgan fingerprint density at radius 3 is 3.12 bits per heavy atom. The Hall–Kier alpha value is -2.13. The van der Waals surface area contributed by atoms with E-state index in [9.17, 15) is 0 Å². The van der Waals surface area contributed by atoms with Crippen LogP contribution in [0.5, 0.6) is 0 Å². The molecule has 6 heteroatoms. The molecule has 0 radical (unpaired) electrons. The fourth-order valence-corrected chi connectivity index (χ4v) is 1.37. The number of aromatic nitrogens is 3. The second-order valence-corrected chi connectivity index (χ2v) is 3.68. The fraction of sp³-hybridized carbons (Fsp3) is 0.364. The summed E-state index contributed by atoms with van der Waals surface area (Å²) in [5, 5.41) is 12.5. The summed E-state index contributed by atoms with van der Waals surface area (Å²) in [6.45, 7) is 1.93. The first kappa shape index (κ1) is 11.4. The molecular formula is C11H12N4O2. The minimum Gasteiger partial charge on any atom is -0.381 e. The first-order valence-electron chi connectivity index (χ1n) is 5.17. The van der Waals surface area contributed by atoms with Crippen molar-refractivity contribution in [3.63, 3.8) is 0 Å². The van der Waals surface area contributed by atoms with Gasteiger partial charge in [0.1, 0.15) is 11.8 Å². The molecule has 0 amide bonds. The predicted molar refractivity (Wildman–Crippen MR) is 59.0 cm³/mol. The van der Waals surface area contributed by atoms with Gasteiger partial charge in [-0.15, -0.1) is 0 Å². The summed E-state index contributed by atoms with van der Waals surface area (Å²) in [7, 11) is 1.63. The molecule has 0 bridgehead atoms. The zero-order chi connectivity index (χ0) is 12.3. The Balaban J connectivity index is 2.15. The highest BCUT2D eigenvalue weighted by Crippen LogP contribution is 2.17. The largest absolute Gasteiger partial charge is 0.381 e. The van der Waals surface area contributed by atoms with Gasteiger partial charge in [0, 0.05) is 19.7 Å². The topological polar surface area (TPSA) is 87.7 Å². The van der Waals surface area contributed by atoms with Crippen LogP contribution in [0, 0.1) is 11.3 Å². The zero-order valence-electron chi connectivity index (χ0n) is 9.60. The van der Waals surface area contributed by atoms with E-state index in [1.165, 1.54) is 0 Å². The number of hydrogen-bond acceptors (Lipinski definition) is 5. The molecule has 17 heavy (non-hydrogen) atoms. The summed E-state index contributed by atoms with van der Waals surface area (Å²) in [6, 6.07) is 3.69. The highest BCUT2D eigenvalue weighted by molar-refractivity contribution is 5.51. The fourth-order valence-electron chi connectivity index (χ4n) is 1.37. The Kier molecular flexibility index (Phi) is 3.21. The number of rotatable bonds is 4. The number of nitrogens with one attached hydrogen (secondary N) is 1. The summed E-state index contributed by atoms with van der Waals surface area (Å²) >= 11 is 0. The van der Waals surface area contributed by atoms with E-state index in [-0.39, 0.29) is 6.10 Å². The Morgan fingerprint density at radius 2 is 2.47 bits per heavy atom. The van der Waals surface area contributed by atoms with E-state index in [2.05, 4.69) is 15.1 Å². The first-order chi connectivity index (χ1) is 8.22. The summed E-state index contributed by atoms with van der Waals surface area (Å²) in [6.07, 6.45) is 2.22. The van der Waals surface area contributed by atoms with Crippen molar-refractivity contribution in [1.29, 1.82) is 5.26 Å². The molecule has 0 aromatic carbocycles. The van der Waals surface area contributed by atoms with Crippen LogP contribution in [0.4, 0.5) is 0 Å². The lowest BCUT2D eigenvalue weighted by atomic mass is 10.3. The number of ether oxygens (including phenoxy) is 1. The third-order valence-corrected chi connectivity index (χ3v) is 2.38. The maximum absolute atomic E-state index is 8.70. The summed E-state index contributed by atoms with van der Waals surface area (Å²) in [4.78, 5) is 7.12. The van der Waals surface area contributed by atoms with E-state index in [0.29, 0.717) is 29.4 Å². The Labute approximate surface area is 98.2 Å². The molecule has 2 rings (SSSR count). The van der Waals surface area contributed by atoms with Gasteiger partial charge in [-0.2, -0.15) is 10.2 Å². The minimum absolute atomic E-state index is 0.0405. The highest BCUT2D eigenvalue weighted by atomic mass is 16.5. The van der Waals surface area contributed by atoms with Gasteiger partial charge in [-0.1, -0.05) is 5.16 Å². The van der Waals surface area contributed by atoms with Gasteiger partial charge < -0.3 is 14.2 Å². The highest BCUT2D eigenvalue weighted by Gasteiger charge is 2.12. The third kappa shape index (κ3) is 2.52. The van der Waals surface area contributed by atoms with Crippen LogP contribution >= 0.6 is 0 Å². The molecule has 0 fully saturated rings. The number of hydrogen-bond donors (Lipinski definition) is 1. The Bertz CT molecular complexity index is 538. The number of aromatic amines is 1. The molecule has 1 unspecified atom stereocenters. The monoisotopic (exact) mass is 232 g/mol. The van der Waals surface area contributed by atoms with Crippen molar-refractivity contribution in [2.45, 2.75) is 19.4 Å². The van der Waals surface area contributed by atoms with Crippen LogP contribution in [-0.2, 0) is 11.2 Å². The van der Waals surface area contributed by atoms with E-state index < -0.39 is 0 Å². The molecule has 0 aliphatic rings. The van der Waals surface area contributed by atoms with Crippen molar-refractivity contribution < 1.29 is 9.26 Å². The molecular weight excluding hydrogens is 220 g/mol. The number of nitriles is 1. The average Bonchev–Trinajstić information content (AvgIpc) is 2.96. The first-order valence-corrected chi connectivity index (χ1v) is 5.17. The third-order valence-electron chi connectivity index (χ3n) is 2.38. The average molecular weight is 232 g/mol. The second-order valence-electron chi connectivity index (χ2n) is 3.68. The van der Waals surface area contributed by atoms with Crippen LogP contribution in [0.15, 0.2) is 16.8 Å². The van der Waals surface area contributed by atoms with Crippen LogP contribution < -0.4 is 0 Å². The molecule has 1 atom stereocenters. The molecule has 0 aliphatic carbocycles. The lowest BCUT2D eigenvalue weighted by Gasteiger charge is -2.03.